The number of aryl methyl sites for hydroxylation is 2. The maximum Gasteiger partial charge on any atom is 0.219 e. The number of amides is 1. The van der Waals surface area contributed by atoms with Crippen LogP contribution in [0.1, 0.15) is 24.2 Å². The van der Waals surface area contributed by atoms with Crippen LogP contribution in [0.4, 0.5) is 0 Å². The fourth-order valence-corrected chi connectivity index (χ4v) is 1.69. The minimum Gasteiger partial charge on any atom is -0.359 e. The molecule has 0 unspecified atom stereocenters. The zero-order valence-electron chi connectivity index (χ0n) is 9.30. The first-order valence-corrected chi connectivity index (χ1v) is 5.75. The van der Waals surface area contributed by atoms with Gasteiger partial charge in [-0.2, -0.15) is 5.10 Å². The Morgan fingerprint density at radius 2 is 2.20 bits per heavy atom. The van der Waals surface area contributed by atoms with E-state index >= 15 is 0 Å². The molecule has 1 rings (SSSR count). The van der Waals surface area contributed by atoms with Gasteiger partial charge < -0.3 is 5.32 Å². The summed E-state index contributed by atoms with van der Waals surface area (Å²) in [5.41, 5.74) is 2.11. The van der Waals surface area contributed by atoms with E-state index in [1.54, 1.807) is 7.05 Å². The Balaban J connectivity index is 2.51. The molecule has 1 heterocycles. The van der Waals surface area contributed by atoms with Crippen molar-refractivity contribution in [1.82, 2.24) is 15.1 Å². The van der Waals surface area contributed by atoms with Gasteiger partial charge in [-0.15, -0.1) is 0 Å². The second-order valence-electron chi connectivity index (χ2n) is 3.48. The standard InChI is InChI=1S/C10H16BrN3O/c1-7-10(11)8(2)14(13-7)6-4-5-9(15)12-3/h4-6H2,1-3H3,(H,12,15). The number of carbonyl (C=O) groups is 1. The Hall–Kier alpha value is -0.840. The number of nitrogens with zero attached hydrogens (tertiary/aromatic N) is 2. The van der Waals surface area contributed by atoms with Crippen molar-refractivity contribution in [2.75, 3.05) is 7.05 Å². The number of nitrogens with one attached hydrogen (secondary N) is 1. The van der Waals surface area contributed by atoms with Crippen LogP contribution in [0, 0.1) is 13.8 Å². The highest BCUT2D eigenvalue weighted by Crippen LogP contribution is 2.19. The Kier molecular flexibility index (Phi) is 4.32. The third-order valence-electron chi connectivity index (χ3n) is 2.35. The summed E-state index contributed by atoms with van der Waals surface area (Å²) in [6.45, 7) is 4.77. The van der Waals surface area contributed by atoms with Crippen LogP contribution in [0.15, 0.2) is 4.47 Å². The van der Waals surface area contributed by atoms with Crippen molar-refractivity contribution in [2.45, 2.75) is 33.2 Å². The van der Waals surface area contributed by atoms with Gasteiger partial charge in [-0.05, 0) is 36.2 Å². The van der Waals surface area contributed by atoms with E-state index in [2.05, 4.69) is 26.3 Å². The van der Waals surface area contributed by atoms with Crippen LogP contribution >= 0.6 is 15.9 Å². The molecule has 4 nitrogen and oxygen atoms in total. The highest BCUT2D eigenvalue weighted by atomic mass is 79.9. The van der Waals surface area contributed by atoms with Gasteiger partial charge in [0.25, 0.3) is 0 Å². The lowest BCUT2D eigenvalue weighted by Gasteiger charge is -2.03. The molecular formula is C10H16BrN3O. The number of aromatic nitrogens is 2. The van der Waals surface area contributed by atoms with Crippen molar-refractivity contribution in [3.63, 3.8) is 0 Å². The highest BCUT2D eigenvalue weighted by Gasteiger charge is 2.08. The summed E-state index contributed by atoms with van der Waals surface area (Å²) in [7, 11) is 1.65. The summed E-state index contributed by atoms with van der Waals surface area (Å²) in [4.78, 5) is 11.0. The molecule has 0 atom stereocenters. The largest absolute Gasteiger partial charge is 0.359 e. The zero-order chi connectivity index (χ0) is 11.4. The van der Waals surface area contributed by atoms with Crippen LogP contribution in [0.25, 0.3) is 0 Å². The first kappa shape index (κ1) is 12.2. The topological polar surface area (TPSA) is 46.9 Å². The fraction of sp³-hybridized carbons (Fsp3) is 0.600. The molecule has 5 heteroatoms. The highest BCUT2D eigenvalue weighted by molar-refractivity contribution is 9.10. The summed E-state index contributed by atoms with van der Waals surface area (Å²) >= 11 is 3.47. The molecule has 0 aliphatic carbocycles. The Morgan fingerprint density at radius 3 is 2.67 bits per heavy atom. The van der Waals surface area contributed by atoms with Gasteiger partial charge in [-0.3, -0.25) is 9.48 Å². The molecule has 15 heavy (non-hydrogen) atoms. The smallest absolute Gasteiger partial charge is 0.219 e. The van der Waals surface area contributed by atoms with Gasteiger partial charge in [0.1, 0.15) is 0 Å². The Labute approximate surface area is 98.2 Å². The molecule has 1 aromatic rings. The van der Waals surface area contributed by atoms with Gasteiger partial charge >= 0.3 is 0 Å². The van der Waals surface area contributed by atoms with Crippen LogP contribution in [0.5, 0.6) is 0 Å². The number of hydrogen-bond acceptors (Lipinski definition) is 2. The quantitative estimate of drug-likeness (QED) is 0.909. The van der Waals surface area contributed by atoms with Gasteiger partial charge in [0, 0.05) is 25.7 Å². The van der Waals surface area contributed by atoms with Gasteiger partial charge in [0.15, 0.2) is 0 Å². The normalized spacial score (nSPS) is 10.4. The lowest BCUT2D eigenvalue weighted by atomic mass is 10.3. The van der Waals surface area contributed by atoms with E-state index in [4.69, 9.17) is 0 Å². The molecule has 1 amide bonds. The molecule has 0 radical (unpaired) electrons. The molecule has 1 aromatic heterocycles. The molecule has 0 saturated heterocycles. The van der Waals surface area contributed by atoms with E-state index in [-0.39, 0.29) is 5.91 Å². The molecule has 0 aliphatic rings. The van der Waals surface area contributed by atoms with E-state index in [9.17, 15) is 4.79 Å². The second-order valence-corrected chi connectivity index (χ2v) is 4.28. The average Bonchev–Trinajstić information content (AvgIpc) is 2.46. The van der Waals surface area contributed by atoms with E-state index in [1.807, 2.05) is 18.5 Å². The van der Waals surface area contributed by atoms with E-state index in [0.717, 1.165) is 28.8 Å². The van der Waals surface area contributed by atoms with Gasteiger partial charge in [0.2, 0.25) is 5.91 Å². The molecule has 0 bridgehead atoms. The average molecular weight is 274 g/mol. The van der Waals surface area contributed by atoms with E-state index in [1.165, 1.54) is 0 Å². The summed E-state index contributed by atoms with van der Waals surface area (Å²) in [5.74, 6) is 0.0793. The van der Waals surface area contributed by atoms with Gasteiger partial charge in [0.05, 0.1) is 10.2 Å². The molecular weight excluding hydrogens is 258 g/mol. The summed E-state index contributed by atoms with van der Waals surface area (Å²) in [5, 5.41) is 6.98. The molecule has 0 aliphatic heterocycles. The molecule has 0 saturated carbocycles. The predicted molar refractivity (Wildman–Crippen MR) is 62.7 cm³/mol. The first-order chi connectivity index (χ1) is 7.06. The van der Waals surface area contributed by atoms with Crippen LogP contribution in [-0.2, 0) is 11.3 Å². The lowest BCUT2D eigenvalue weighted by molar-refractivity contribution is -0.120. The molecule has 84 valence electrons. The van der Waals surface area contributed by atoms with Crippen molar-refractivity contribution < 1.29 is 4.79 Å². The summed E-state index contributed by atoms with van der Waals surface area (Å²) in [6, 6.07) is 0. The SMILES string of the molecule is CNC(=O)CCCn1nc(C)c(Br)c1C. The number of rotatable bonds is 4. The van der Waals surface area contributed by atoms with Crippen LogP contribution in [0.3, 0.4) is 0 Å². The van der Waals surface area contributed by atoms with Crippen molar-refractivity contribution in [1.29, 1.82) is 0 Å². The predicted octanol–water partition coefficient (Wildman–Crippen LogP) is 1.79. The van der Waals surface area contributed by atoms with E-state index in [0.29, 0.717) is 6.42 Å². The number of hydrogen-bond donors (Lipinski definition) is 1. The monoisotopic (exact) mass is 273 g/mol. The van der Waals surface area contributed by atoms with Gasteiger partial charge in [-0.25, -0.2) is 0 Å². The second kappa shape index (κ2) is 5.30. The molecule has 0 aromatic carbocycles. The van der Waals surface area contributed by atoms with Crippen LogP contribution < -0.4 is 5.32 Å². The Morgan fingerprint density at radius 1 is 1.53 bits per heavy atom. The van der Waals surface area contributed by atoms with Crippen molar-refractivity contribution in [2.24, 2.45) is 0 Å². The van der Waals surface area contributed by atoms with Crippen molar-refractivity contribution >= 4 is 21.8 Å². The minimum atomic E-state index is 0.0793. The summed E-state index contributed by atoms with van der Waals surface area (Å²) < 4.78 is 2.99. The van der Waals surface area contributed by atoms with Gasteiger partial charge in [-0.1, -0.05) is 0 Å². The van der Waals surface area contributed by atoms with Crippen molar-refractivity contribution in [3.8, 4) is 0 Å². The van der Waals surface area contributed by atoms with E-state index < -0.39 is 0 Å². The van der Waals surface area contributed by atoms with Crippen molar-refractivity contribution in [3.05, 3.63) is 15.9 Å². The summed E-state index contributed by atoms with van der Waals surface area (Å²) in [6.07, 6.45) is 1.36. The number of halogens is 1. The Bertz CT molecular complexity index is 360. The fourth-order valence-electron chi connectivity index (χ4n) is 1.41. The zero-order valence-corrected chi connectivity index (χ0v) is 10.9. The van der Waals surface area contributed by atoms with Crippen LogP contribution in [-0.4, -0.2) is 22.7 Å². The third kappa shape index (κ3) is 3.06. The maximum absolute atomic E-state index is 11.0. The minimum absolute atomic E-state index is 0.0793. The maximum atomic E-state index is 11.0. The number of carbonyl (C=O) groups excluding carboxylic acids is 1. The van der Waals surface area contributed by atoms with Crippen LogP contribution in [0.2, 0.25) is 0 Å². The molecule has 0 fully saturated rings. The molecule has 1 N–H and O–H groups in total. The molecule has 0 spiro atoms. The lowest BCUT2D eigenvalue weighted by Crippen LogP contribution is -2.18. The first-order valence-electron chi connectivity index (χ1n) is 4.96. The third-order valence-corrected chi connectivity index (χ3v) is 3.49.